The summed E-state index contributed by atoms with van der Waals surface area (Å²) >= 11 is 0. The summed E-state index contributed by atoms with van der Waals surface area (Å²) in [5.74, 6) is 0.143. The standard InChI is InChI=1S/C7H14N4O2/c1-5(3-4-6(12)13)7-8-10-11(2)9-7/h5,10H,3-4H2,1-2H3,(H,8,9)(H,12,13)/t5-/m0/s1. The van der Waals surface area contributed by atoms with Gasteiger partial charge in [0, 0.05) is 19.4 Å². The van der Waals surface area contributed by atoms with Crippen LogP contribution in [-0.4, -0.2) is 29.1 Å². The van der Waals surface area contributed by atoms with Gasteiger partial charge in [-0.1, -0.05) is 6.92 Å². The maximum absolute atomic E-state index is 10.3. The van der Waals surface area contributed by atoms with Crippen LogP contribution >= 0.6 is 0 Å². The average molecular weight is 186 g/mol. The van der Waals surface area contributed by atoms with Crippen LogP contribution in [0.2, 0.25) is 0 Å². The van der Waals surface area contributed by atoms with Crippen LogP contribution in [0.15, 0.2) is 5.10 Å². The zero-order chi connectivity index (χ0) is 9.84. The SMILES string of the molecule is C[C@@H](CCC(=O)O)C1=NNN(C)N1. The van der Waals surface area contributed by atoms with Gasteiger partial charge in [-0.25, -0.2) is 5.53 Å². The van der Waals surface area contributed by atoms with Crippen molar-refractivity contribution in [3.8, 4) is 0 Å². The molecule has 0 aromatic heterocycles. The van der Waals surface area contributed by atoms with Crippen LogP contribution < -0.4 is 11.0 Å². The van der Waals surface area contributed by atoms with Crippen molar-refractivity contribution in [1.82, 2.24) is 16.1 Å². The quantitative estimate of drug-likeness (QED) is 0.564. The largest absolute Gasteiger partial charge is 0.481 e. The predicted molar refractivity (Wildman–Crippen MR) is 47.5 cm³/mol. The van der Waals surface area contributed by atoms with Crippen LogP contribution in [0.3, 0.4) is 0 Å². The summed E-state index contributed by atoms with van der Waals surface area (Å²) in [5, 5.41) is 14.1. The number of hydrogen-bond acceptors (Lipinski definition) is 5. The van der Waals surface area contributed by atoms with Gasteiger partial charge < -0.3 is 5.11 Å². The highest BCUT2D eigenvalue weighted by molar-refractivity contribution is 5.84. The van der Waals surface area contributed by atoms with Gasteiger partial charge in [0.25, 0.3) is 0 Å². The van der Waals surface area contributed by atoms with Crippen molar-refractivity contribution in [2.75, 3.05) is 7.05 Å². The molecule has 1 aliphatic heterocycles. The first kappa shape index (κ1) is 9.79. The summed E-state index contributed by atoms with van der Waals surface area (Å²) in [6.45, 7) is 1.94. The van der Waals surface area contributed by atoms with E-state index in [-0.39, 0.29) is 12.3 Å². The van der Waals surface area contributed by atoms with E-state index >= 15 is 0 Å². The topological polar surface area (TPSA) is 77.0 Å². The van der Waals surface area contributed by atoms with Crippen molar-refractivity contribution in [2.45, 2.75) is 19.8 Å². The Morgan fingerprint density at radius 2 is 2.46 bits per heavy atom. The van der Waals surface area contributed by atoms with Crippen LogP contribution in [0.25, 0.3) is 0 Å². The van der Waals surface area contributed by atoms with Crippen molar-refractivity contribution >= 4 is 11.8 Å². The van der Waals surface area contributed by atoms with Gasteiger partial charge in [-0.2, -0.15) is 0 Å². The van der Waals surface area contributed by atoms with Crippen molar-refractivity contribution < 1.29 is 9.90 Å². The lowest BCUT2D eigenvalue weighted by Crippen LogP contribution is -2.39. The van der Waals surface area contributed by atoms with Crippen molar-refractivity contribution in [3.63, 3.8) is 0 Å². The van der Waals surface area contributed by atoms with Gasteiger partial charge in [-0.3, -0.25) is 10.2 Å². The highest BCUT2D eigenvalue weighted by Gasteiger charge is 2.17. The number of nitrogens with one attached hydrogen (secondary N) is 2. The second kappa shape index (κ2) is 4.08. The maximum atomic E-state index is 10.3. The molecule has 0 saturated heterocycles. The number of carbonyl (C=O) groups is 1. The van der Waals surface area contributed by atoms with Gasteiger partial charge in [-0.05, 0) is 6.42 Å². The molecule has 0 fully saturated rings. The van der Waals surface area contributed by atoms with Crippen LogP contribution in [0.5, 0.6) is 0 Å². The third-order valence-electron chi connectivity index (χ3n) is 1.86. The van der Waals surface area contributed by atoms with E-state index in [9.17, 15) is 4.79 Å². The van der Waals surface area contributed by atoms with Gasteiger partial charge in [0.1, 0.15) is 5.84 Å². The summed E-state index contributed by atoms with van der Waals surface area (Å²) < 4.78 is 0. The summed E-state index contributed by atoms with van der Waals surface area (Å²) in [6, 6.07) is 0. The molecule has 0 spiro atoms. The molecule has 6 heteroatoms. The fourth-order valence-corrected chi connectivity index (χ4v) is 1.05. The summed E-state index contributed by atoms with van der Waals surface area (Å²) in [7, 11) is 1.79. The minimum absolute atomic E-state index is 0.133. The molecular formula is C7H14N4O2. The van der Waals surface area contributed by atoms with E-state index in [1.165, 1.54) is 0 Å². The number of hydrazone groups is 1. The van der Waals surface area contributed by atoms with Crippen LogP contribution in [0.4, 0.5) is 0 Å². The highest BCUT2D eigenvalue weighted by Crippen LogP contribution is 2.08. The molecule has 74 valence electrons. The number of aliphatic carboxylic acids is 1. The van der Waals surface area contributed by atoms with E-state index in [4.69, 9.17) is 5.11 Å². The summed E-state index contributed by atoms with van der Waals surface area (Å²) in [5.41, 5.74) is 5.66. The molecule has 0 saturated carbocycles. The highest BCUT2D eigenvalue weighted by atomic mass is 16.4. The molecule has 6 nitrogen and oxygen atoms in total. The third-order valence-corrected chi connectivity index (χ3v) is 1.86. The minimum atomic E-state index is -0.772. The maximum Gasteiger partial charge on any atom is 0.303 e. The Morgan fingerprint density at radius 3 is 2.92 bits per heavy atom. The zero-order valence-electron chi connectivity index (χ0n) is 7.74. The third kappa shape index (κ3) is 2.90. The molecule has 0 unspecified atom stereocenters. The fraction of sp³-hybridized carbons (Fsp3) is 0.714. The second-order valence-electron chi connectivity index (χ2n) is 3.10. The van der Waals surface area contributed by atoms with Crippen molar-refractivity contribution in [1.29, 1.82) is 0 Å². The van der Waals surface area contributed by atoms with Crippen LogP contribution in [0.1, 0.15) is 19.8 Å². The summed E-state index contributed by atoms with van der Waals surface area (Å²) in [4.78, 5) is 10.3. The molecule has 0 aromatic carbocycles. The van der Waals surface area contributed by atoms with E-state index in [1.807, 2.05) is 6.92 Å². The van der Waals surface area contributed by atoms with Crippen molar-refractivity contribution in [3.05, 3.63) is 0 Å². The normalized spacial score (nSPS) is 18.8. The van der Waals surface area contributed by atoms with E-state index in [2.05, 4.69) is 16.1 Å². The lowest BCUT2D eigenvalue weighted by Gasteiger charge is -2.12. The van der Waals surface area contributed by atoms with Crippen LogP contribution in [0, 0.1) is 5.92 Å². The second-order valence-corrected chi connectivity index (χ2v) is 3.10. The van der Waals surface area contributed by atoms with Crippen molar-refractivity contribution in [2.24, 2.45) is 11.0 Å². The molecule has 0 aliphatic carbocycles. The minimum Gasteiger partial charge on any atom is -0.481 e. The number of nitrogens with zero attached hydrogens (tertiary/aromatic N) is 2. The molecule has 0 amide bonds. The van der Waals surface area contributed by atoms with Gasteiger partial charge in [0.05, 0.1) is 0 Å². The van der Waals surface area contributed by atoms with Crippen LogP contribution in [-0.2, 0) is 4.79 Å². The molecule has 0 radical (unpaired) electrons. The smallest absolute Gasteiger partial charge is 0.303 e. The number of amidine groups is 1. The first-order valence-corrected chi connectivity index (χ1v) is 4.15. The number of carboxylic acid groups (broad SMARTS) is 1. The Bertz CT molecular complexity index is 229. The lowest BCUT2D eigenvalue weighted by molar-refractivity contribution is -0.137. The predicted octanol–water partition coefficient (Wildman–Crippen LogP) is -0.245. The van der Waals surface area contributed by atoms with Gasteiger partial charge >= 0.3 is 5.97 Å². The Hall–Kier alpha value is -1.30. The molecular weight excluding hydrogens is 172 g/mol. The van der Waals surface area contributed by atoms with Gasteiger partial charge in [-0.15, -0.1) is 10.2 Å². The Morgan fingerprint density at radius 1 is 1.77 bits per heavy atom. The number of hydrazine groups is 2. The van der Waals surface area contributed by atoms with E-state index in [0.29, 0.717) is 6.42 Å². The fourth-order valence-electron chi connectivity index (χ4n) is 1.05. The molecule has 1 atom stereocenters. The zero-order valence-corrected chi connectivity index (χ0v) is 7.74. The molecule has 1 aliphatic rings. The molecule has 13 heavy (non-hydrogen) atoms. The van der Waals surface area contributed by atoms with E-state index in [1.54, 1.807) is 12.2 Å². The van der Waals surface area contributed by atoms with Gasteiger partial charge in [0.15, 0.2) is 0 Å². The Labute approximate surface area is 76.5 Å². The number of carboxylic acids is 1. The molecule has 0 bridgehead atoms. The average Bonchev–Trinajstić information content (AvgIpc) is 2.47. The first-order valence-electron chi connectivity index (χ1n) is 4.15. The monoisotopic (exact) mass is 186 g/mol. The lowest BCUT2D eigenvalue weighted by atomic mass is 10.1. The van der Waals surface area contributed by atoms with E-state index < -0.39 is 5.97 Å². The summed E-state index contributed by atoms with van der Waals surface area (Å²) in [6.07, 6.45) is 0.766. The van der Waals surface area contributed by atoms with E-state index in [0.717, 1.165) is 5.84 Å². The Kier molecular flexibility index (Phi) is 3.07. The number of rotatable bonds is 4. The molecule has 3 N–H and O–H groups in total. The molecule has 1 heterocycles. The number of hydrogen-bond donors (Lipinski definition) is 3. The first-order chi connectivity index (χ1) is 6.09. The Balaban J connectivity index is 2.31. The van der Waals surface area contributed by atoms with Gasteiger partial charge in [0.2, 0.25) is 0 Å². The molecule has 0 aromatic rings. The molecule has 1 rings (SSSR count).